The highest BCUT2D eigenvalue weighted by Crippen LogP contribution is 2.60. The summed E-state index contributed by atoms with van der Waals surface area (Å²) in [4.78, 5) is 29.8. The zero-order chi connectivity index (χ0) is 19.1. The third-order valence-electron chi connectivity index (χ3n) is 7.11. The van der Waals surface area contributed by atoms with Crippen LogP contribution in [0, 0.1) is 23.2 Å². The first-order valence-electron chi connectivity index (χ1n) is 10.5. The highest BCUT2D eigenvalue weighted by Gasteiger charge is 2.54. The Morgan fingerprint density at radius 1 is 1.07 bits per heavy atom. The molecule has 6 rings (SSSR count). The molecule has 1 aromatic heterocycles. The van der Waals surface area contributed by atoms with Crippen LogP contribution in [0.2, 0.25) is 0 Å². The first kappa shape index (κ1) is 17.7. The number of hydrogen-bond donors (Lipinski definition) is 1. The van der Waals surface area contributed by atoms with Gasteiger partial charge in [0.05, 0.1) is 12.0 Å². The highest BCUT2D eigenvalue weighted by atomic mass is 16.2. The molecule has 0 unspecified atom stereocenters. The molecule has 4 saturated carbocycles. The molecule has 5 nitrogen and oxygen atoms in total. The highest BCUT2D eigenvalue weighted by molar-refractivity contribution is 5.83. The number of nitrogens with one attached hydrogen (secondary N) is 1. The number of nitrogens with zero attached hydrogens (tertiary/aromatic N) is 2. The molecular formula is C23H27N3O2. The molecule has 0 atom stereocenters. The van der Waals surface area contributed by atoms with Crippen molar-refractivity contribution in [3.05, 3.63) is 53.1 Å². The molecule has 1 aromatic carbocycles. The first-order valence-corrected chi connectivity index (χ1v) is 10.5. The Morgan fingerprint density at radius 2 is 1.71 bits per heavy atom. The largest absolute Gasteiger partial charge is 0.354 e. The molecule has 28 heavy (non-hydrogen) atoms. The van der Waals surface area contributed by atoms with Crippen molar-refractivity contribution in [2.24, 2.45) is 23.2 Å². The molecule has 0 radical (unpaired) electrons. The van der Waals surface area contributed by atoms with Crippen LogP contribution in [0.25, 0.3) is 11.3 Å². The summed E-state index contributed by atoms with van der Waals surface area (Å²) in [6, 6.07) is 11.3. The molecule has 0 saturated heterocycles. The van der Waals surface area contributed by atoms with Gasteiger partial charge in [0.15, 0.2) is 0 Å². The lowest BCUT2D eigenvalue weighted by molar-refractivity contribution is -0.146. The van der Waals surface area contributed by atoms with Crippen molar-refractivity contribution in [2.45, 2.75) is 45.1 Å². The summed E-state index contributed by atoms with van der Waals surface area (Å²) in [7, 11) is 0. The van der Waals surface area contributed by atoms with E-state index in [0.29, 0.717) is 18.8 Å². The van der Waals surface area contributed by atoms with Gasteiger partial charge in [0.2, 0.25) is 5.91 Å². The summed E-state index contributed by atoms with van der Waals surface area (Å²) in [6.45, 7) is 0.936. The number of benzene rings is 1. The topological polar surface area (TPSA) is 64.0 Å². The SMILES string of the molecule is O=C(NCCn1cnc(-c2ccccc2)cc1=O)C12CC3CC(CC(C3)C1)C2. The second kappa shape index (κ2) is 6.87. The van der Waals surface area contributed by atoms with Gasteiger partial charge in [-0.25, -0.2) is 4.98 Å². The third-order valence-corrected chi connectivity index (χ3v) is 7.11. The van der Waals surface area contributed by atoms with E-state index >= 15 is 0 Å². The van der Waals surface area contributed by atoms with Crippen molar-refractivity contribution in [2.75, 3.05) is 6.54 Å². The Bertz CT molecular complexity index is 899. The van der Waals surface area contributed by atoms with Crippen LogP contribution in [0.5, 0.6) is 0 Å². The van der Waals surface area contributed by atoms with E-state index in [0.717, 1.165) is 42.6 Å². The monoisotopic (exact) mass is 377 g/mol. The molecule has 1 N–H and O–H groups in total. The van der Waals surface area contributed by atoms with Gasteiger partial charge in [-0.1, -0.05) is 30.3 Å². The van der Waals surface area contributed by atoms with Crippen molar-refractivity contribution in [1.29, 1.82) is 0 Å². The number of amides is 1. The first-order chi connectivity index (χ1) is 13.6. The second-order valence-corrected chi connectivity index (χ2v) is 9.13. The van der Waals surface area contributed by atoms with Crippen molar-refractivity contribution >= 4 is 5.91 Å². The molecule has 0 spiro atoms. The number of carbonyl (C=O) groups excluding carboxylic acids is 1. The van der Waals surface area contributed by atoms with Crippen LogP contribution in [-0.4, -0.2) is 22.0 Å². The van der Waals surface area contributed by atoms with Crippen LogP contribution in [0.4, 0.5) is 0 Å². The van der Waals surface area contributed by atoms with Gasteiger partial charge in [-0.2, -0.15) is 0 Å². The lowest BCUT2D eigenvalue weighted by Gasteiger charge is -2.55. The molecule has 2 aromatic rings. The maximum atomic E-state index is 13.0. The van der Waals surface area contributed by atoms with E-state index < -0.39 is 0 Å². The van der Waals surface area contributed by atoms with Crippen molar-refractivity contribution in [3.8, 4) is 11.3 Å². The lowest BCUT2D eigenvalue weighted by atomic mass is 9.49. The predicted octanol–water partition coefficient (Wildman–Crippen LogP) is 3.24. The Balaban J connectivity index is 1.21. The minimum atomic E-state index is -0.130. The molecular weight excluding hydrogens is 350 g/mol. The molecule has 0 aliphatic heterocycles. The zero-order valence-corrected chi connectivity index (χ0v) is 16.1. The third kappa shape index (κ3) is 3.17. The standard InChI is InChI=1S/C23H27N3O2/c27-21-11-20(19-4-2-1-3-5-19)25-15-26(21)7-6-24-22(28)23-12-16-8-17(13-23)10-18(9-16)14-23/h1-5,11,15-18H,6-10,12-14H2,(H,24,28). The normalized spacial score (nSPS) is 30.4. The molecule has 4 aliphatic carbocycles. The summed E-state index contributed by atoms with van der Waals surface area (Å²) in [5.41, 5.74) is 1.40. The summed E-state index contributed by atoms with van der Waals surface area (Å²) in [6.07, 6.45) is 8.79. The maximum Gasteiger partial charge on any atom is 0.253 e. The van der Waals surface area contributed by atoms with Gasteiger partial charge < -0.3 is 5.32 Å². The summed E-state index contributed by atoms with van der Waals surface area (Å²) < 4.78 is 1.58. The van der Waals surface area contributed by atoms with E-state index in [-0.39, 0.29) is 16.9 Å². The van der Waals surface area contributed by atoms with Crippen LogP contribution in [0.3, 0.4) is 0 Å². The number of rotatable bonds is 5. The van der Waals surface area contributed by atoms with E-state index in [1.165, 1.54) is 19.3 Å². The van der Waals surface area contributed by atoms with Crippen molar-refractivity contribution in [3.63, 3.8) is 0 Å². The predicted molar refractivity (Wildman–Crippen MR) is 108 cm³/mol. The van der Waals surface area contributed by atoms with Crippen LogP contribution in [-0.2, 0) is 11.3 Å². The Labute approximate surface area is 165 Å². The van der Waals surface area contributed by atoms with E-state index in [9.17, 15) is 9.59 Å². The number of aromatic nitrogens is 2. The van der Waals surface area contributed by atoms with Crippen LogP contribution in [0.1, 0.15) is 38.5 Å². The van der Waals surface area contributed by atoms with Gasteiger partial charge >= 0.3 is 0 Å². The Kier molecular flexibility index (Phi) is 4.33. The Morgan fingerprint density at radius 3 is 2.32 bits per heavy atom. The van der Waals surface area contributed by atoms with Crippen LogP contribution < -0.4 is 10.9 Å². The van der Waals surface area contributed by atoms with Crippen LogP contribution >= 0.6 is 0 Å². The van der Waals surface area contributed by atoms with Crippen molar-refractivity contribution in [1.82, 2.24) is 14.9 Å². The fourth-order valence-corrected chi connectivity index (χ4v) is 6.23. The molecule has 4 bridgehead atoms. The molecule has 4 aliphatic rings. The zero-order valence-electron chi connectivity index (χ0n) is 16.1. The van der Waals surface area contributed by atoms with Gasteiger partial charge in [0.25, 0.3) is 5.56 Å². The van der Waals surface area contributed by atoms with Gasteiger partial charge in [-0.05, 0) is 56.3 Å². The molecule has 1 heterocycles. The summed E-state index contributed by atoms with van der Waals surface area (Å²) in [5.74, 6) is 2.49. The summed E-state index contributed by atoms with van der Waals surface area (Å²) >= 11 is 0. The van der Waals surface area contributed by atoms with Crippen LogP contribution in [0.15, 0.2) is 47.5 Å². The fourth-order valence-electron chi connectivity index (χ4n) is 6.23. The minimum absolute atomic E-state index is 0.0853. The molecule has 1 amide bonds. The molecule has 146 valence electrons. The lowest BCUT2D eigenvalue weighted by Crippen LogP contribution is -2.54. The second-order valence-electron chi connectivity index (χ2n) is 9.13. The van der Waals surface area contributed by atoms with Gasteiger partial charge in [0, 0.05) is 30.1 Å². The molecule has 5 heteroatoms. The number of carbonyl (C=O) groups is 1. The quantitative estimate of drug-likeness (QED) is 0.870. The van der Waals surface area contributed by atoms with E-state index in [1.807, 2.05) is 30.3 Å². The number of hydrogen-bond acceptors (Lipinski definition) is 3. The van der Waals surface area contributed by atoms with E-state index in [1.54, 1.807) is 17.0 Å². The fraction of sp³-hybridized carbons (Fsp3) is 0.522. The van der Waals surface area contributed by atoms with Crippen molar-refractivity contribution < 1.29 is 4.79 Å². The smallest absolute Gasteiger partial charge is 0.253 e. The van der Waals surface area contributed by atoms with E-state index in [4.69, 9.17) is 0 Å². The summed E-state index contributed by atoms with van der Waals surface area (Å²) in [5, 5.41) is 3.14. The average molecular weight is 377 g/mol. The van der Waals surface area contributed by atoms with Gasteiger partial charge in [-0.15, -0.1) is 0 Å². The van der Waals surface area contributed by atoms with Gasteiger partial charge in [-0.3, -0.25) is 14.2 Å². The molecule has 4 fully saturated rings. The minimum Gasteiger partial charge on any atom is -0.354 e. The average Bonchev–Trinajstić information content (AvgIpc) is 2.69. The Hall–Kier alpha value is -2.43. The van der Waals surface area contributed by atoms with Gasteiger partial charge in [0.1, 0.15) is 0 Å². The van der Waals surface area contributed by atoms with E-state index in [2.05, 4.69) is 10.3 Å². The maximum absolute atomic E-state index is 13.0.